The molecule has 1 aromatic carbocycles. The number of benzene rings is 1. The van der Waals surface area contributed by atoms with Crippen LogP contribution in [0, 0.1) is 5.21 Å². The maximum atomic E-state index is 12.8. The van der Waals surface area contributed by atoms with Crippen LogP contribution in [0.15, 0.2) is 53.4 Å². The summed E-state index contributed by atoms with van der Waals surface area (Å²) in [4.78, 5) is 0.961. The summed E-state index contributed by atoms with van der Waals surface area (Å²) >= 11 is 1.43. The van der Waals surface area contributed by atoms with Crippen LogP contribution in [-0.4, -0.2) is 47.0 Å². The van der Waals surface area contributed by atoms with Gasteiger partial charge in [0.25, 0.3) is 0 Å². The quantitative estimate of drug-likeness (QED) is 0.440. The second-order valence-electron chi connectivity index (χ2n) is 6.17. The molecule has 1 aromatic heterocycles. The summed E-state index contributed by atoms with van der Waals surface area (Å²) in [5, 5.41) is 32.5. The number of alkyl halides is 3. The first-order valence-corrected chi connectivity index (χ1v) is 9.38. The third kappa shape index (κ3) is 4.69. The third-order valence-electron chi connectivity index (χ3n) is 4.22. The van der Waals surface area contributed by atoms with Gasteiger partial charge in [0, 0.05) is 16.7 Å². The number of aliphatic hydroxyl groups is 2. The van der Waals surface area contributed by atoms with Crippen molar-refractivity contribution in [1.82, 2.24) is 0 Å². The van der Waals surface area contributed by atoms with Crippen LogP contribution in [-0.2, 0) is 10.9 Å². The number of pyridine rings is 1. The summed E-state index contributed by atoms with van der Waals surface area (Å²) in [5.41, 5.74) is -1.44. The Labute approximate surface area is 163 Å². The van der Waals surface area contributed by atoms with E-state index in [1.807, 2.05) is 30.3 Å². The smallest absolute Gasteiger partial charge is 0.478 e. The predicted octanol–water partition coefficient (Wildman–Crippen LogP) is 2.00. The molecule has 1 aliphatic rings. The molecule has 0 saturated carbocycles. The molecule has 10 heteroatoms. The highest BCUT2D eigenvalue weighted by molar-refractivity contribution is 7.99. The number of hydrogen-bond donors (Lipinski definition) is 2. The van der Waals surface area contributed by atoms with E-state index in [1.54, 1.807) is 0 Å². The average molecular weight is 417 g/mol. The first-order chi connectivity index (χ1) is 13.3. The molecule has 0 unspecified atom stereocenters. The molecule has 1 saturated heterocycles. The Hall–Kier alpha value is -2.01. The maximum absolute atomic E-state index is 12.8. The number of thioether (sulfide) groups is 1. The van der Waals surface area contributed by atoms with Crippen LogP contribution in [0.5, 0.6) is 5.88 Å². The van der Waals surface area contributed by atoms with E-state index in [4.69, 9.17) is 9.47 Å². The fourth-order valence-electron chi connectivity index (χ4n) is 2.73. The van der Waals surface area contributed by atoms with E-state index < -0.39 is 46.9 Å². The normalized spacial score (nSPS) is 25.5. The number of aliphatic hydroxyl groups excluding tert-OH is 2. The Morgan fingerprint density at radius 2 is 1.82 bits per heavy atom. The van der Waals surface area contributed by atoms with Gasteiger partial charge in [-0.05, 0) is 18.2 Å². The Morgan fingerprint density at radius 1 is 1.11 bits per heavy atom. The molecule has 152 valence electrons. The number of halogens is 3. The molecule has 0 spiro atoms. The third-order valence-corrected chi connectivity index (χ3v) is 5.32. The van der Waals surface area contributed by atoms with Crippen LogP contribution >= 0.6 is 11.8 Å². The Morgan fingerprint density at radius 3 is 2.50 bits per heavy atom. The van der Waals surface area contributed by atoms with Crippen molar-refractivity contribution >= 4 is 11.8 Å². The van der Waals surface area contributed by atoms with Crippen molar-refractivity contribution in [3.05, 3.63) is 59.4 Å². The van der Waals surface area contributed by atoms with Crippen molar-refractivity contribution in [3.63, 3.8) is 0 Å². The second-order valence-corrected chi connectivity index (χ2v) is 7.27. The van der Waals surface area contributed by atoms with Crippen LogP contribution < -0.4 is 9.47 Å². The topological polar surface area (TPSA) is 85.9 Å². The zero-order chi connectivity index (χ0) is 20.3. The van der Waals surface area contributed by atoms with Crippen LogP contribution in [0.25, 0.3) is 0 Å². The maximum Gasteiger partial charge on any atom is 0.478 e. The molecule has 3 rings (SSSR count). The Bertz CT molecular complexity index is 793. The van der Waals surface area contributed by atoms with Gasteiger partial charge in [-0.1, -0.05) is 18.2 Å². The van der Waals surface area contributed by atoms with E-state index in [0.717, 1.165) is 17.0 Å². The van der Waals surface area contributed by atoms with E-state index in [1.165, 1.54) is 11.8 Å². The lowest BCUT2D eigenvalue weighted by Crippen LogP contribution is -2.56. The molecule has 4 atom stereocenters. The SMILES string of the molecule is [O-][n+]1c(O[C@H]2CO[C@H](CSc3ccccc3)[C@H](O)[C@@H]2O)cccc1C(F)(F)F. The average Bonchev–Trinajstić information content (AvgIpc) is 2.66. The molecular weight excluding hydrogens is 399 g/mol. The molecule has 0 radical (unpaired) electrons. The van der Waals surface area contributed by atoms with Crippen LogP contribution in [0.1, 0.15) is 5.69 Å². The lowest BCUT2D eigenvalue weighted by molar-refractivity contribution is -0.637. The fraction of sp³-hybridized carbons (Fsp3) is 0.389. The van der Waals surface area contributed by atoms with Gasteiger partial charge >= 0.3 is 17.8 Å². The van der Waals surface area contributed by atoms with E-state index in [2.05, 4.69) is 0 Å². The van der Waals surface area contributed by atoms with Gasteiger partial charge in [0.15, 0.2) is 6.10 Å². The summed E-state index contributed by atoms with van der Waals surface area (Å²) < 4.78 is 48.8. The Kier molecular flexibility index (Phi) is 6.33. The van der Waals surface area contributed by atoms with Crippen molar-refractivity contribution in [2.45, 2.75) is 35.5 Å². The van der Waals surface area contributed by atoms with Gasteiger partial charge in [0.05, 0.1) is 18.8 Å². The number of nitrogens with zero attached hydrogens (tertiary/aromatic N) is 1. The largest absolute Gasteiger partial charge is 0.616 e. The highest BCUT2D eigenvalue weighted by Crippen LogP contribution is 2.29. The zero-order valence-electron chi connectivity index (χ0n) is 14.5. The monoisotopic (exact) mass is 417 g/mol. The van der Waals surface area contributed by atoms with E-state index >= 15 is 0 Å². The molecule has 0 aliphatic carbocycles. The number of aromatic nitrogens is 1. The minimum Gasteiger partial charge on any atom is -0.616 e. The van der Waals surface area contributed by atoms with Crippen molar-refractivity contribution < 1.29 is 37.6 Å². The van der Waals surface area contributed by atoms with Crippen molar-refractivity contribution in [1.29, 1.82) is 0 Å². The molecule has 2 aromatic rings. The van der Waals surface area contributed by atoms with Gasteiger partial charge in [-0.2, -0.15) is 13.2 Å². The molecular formula is C18H18F3NO5S. The van der Waals surface area contributed by atoms with Crippen molar-refractivity contribution in [3.8, 4) is 5.88 Å². The van der Waals surface area contributed by atoms with E-state index in [0.29, 0.717) is 11.8 Å². The first-order valence-electron chi connectivity index (χ1n) is 8.39. The molecule has 28 heavy (non-hydrogen) atoms. The summed E-state index contributed by atoms with van der Waals surface area (Å²) in [6, 6.07) is 12.1. The van der Waals surface area contributed by atoms with Crippen molar-refractivity contribution in [2.75, 3.05) is 12.4 Å². The minimum atomic E-state index is -4.85. The highest BCUT2D eigenvalue weighted by atomic mass is 32.2. The van der Waals surface area contributed by atoms with Gasteiger partial charge in [-0.3, -0.25) is 0 Å². The lowest BCUT2D eigenvalue weighted by atomic mass is 10.0. The van der Waals surface area contributed by atoms with Crippen LogP contribution in [0.2, 0.25) is 0 Å². The molecule has 2 heterocycles. The second kappa shape index (κ2) is 8.56. The highest BCUT2D eigenvalue weighted by Gasteiger charge is 2.43. The number of ether oxygens (including phenoxy) is 2. The molecule has 6 nitrogen and oxygen atoms in total. The summed E-state index contributed by atoms with van der Waals surface area (Å²) in [7, 11) is 0. The van der Waals surface area contributed by atoms with E-state index in [-0.39, 0.29) is 6.61 Å². The molecule has 2 N–H and O–H groups in total. The number of hydrogen-bond acceptors (Lipinski definition) is 6. The van der Waals surface area contributed by atoms with Gasteiger partial charge < -0.3 is 24.9 Å². The fourth-order valence-corrected chi connectivity index (χ4v) is 3.73. The lowest BCUT2D eigenvalue weighted by Gasteiger charge is -2.36. The van der Waals surface area contributed by atoms with Crippen molar-refractivity contribution in [2.24, 2.45) is 0 Å². The standard InChI is InChI=1S/C18H18F3NO5S/c19-18(20,21)14-7-4-8-15(22(14)25)27-12-9-26-13(17(24)16(12)23)10-28-11-5-2-1-3-6-11/h1-8,12-13,16-17,23-24H,9-10H2/t12-,13+,16+,17-/m0/s1. The summed E-state index contributed by atoms with van der Waals surface area (Å²) in [6.07, 6.45) is -9.47. The summed E-state index contributed by atoms with van der Waals surface area (Å²) in [5.74, 6) is -0.271. The van der Waals surface area contributed by atoms with Gasteiger partial charge in [0.2, 0.25) is 0 Å². The molecule has 1 fully saturated rings. The molecule has 0 amide bonds. The minimum absolute atomic E-state index is 0.186. The van der Waals surface area contributed by atoms with Gasteiger partial charge in [-0.15, -0.1) is 16.5 Å². The number of rotatable bonds is 5. The Balaban J connectivity index is 1.64. The van der Waals surface area contributed by atoms with Gasteiger partial charge in [0.1, 0.15) is 12.2 Å². The molecule has 0 bridgehead atoms. The van der Waals surface area contributed by atoms with Gasteiger partial charge in [-0.25, -0.2) is 0 Å². The van der Waals surface area contributed by atoms with Crippen LogP contribution in [0.3, 0.4) is 0 Å². The molecule has 1 aliphatic heterocycles. The predicted molar refractivity (Wildman–Crippen MR) is 93.7 cm³/mol. The zero-order valence-corrected chi connectivity index (χ0v) is 15.3. The first kappa shape index (κ1) is 20.7. The van der Waals surface area contributed by atoms with E-state index in [9.17, 15) is 28.6 Å². The summed E-state index contributed by atoms with van der Waals surface area (Å²) in [6.45, 7) is -0.186. The van der Waals surface area contributed by atoms with Crippen LogP contribution in [0.4, 0.5) is 13.2 Å².